The summed E-state index contributed by atoms with van der Waals surface area (Å²) >= 11 is 0. The number of rotatable bonds is 3. The van der Waals surface area contributed by atoms with Crippen LogP contribution in [0.5, 0.6) is 0 Å². The fraction of sp³-hybridized carbons (Fsp3) is 0.0250. The van der Waals surface area contributed by atoms with Gasteiger partial charge in [0, 0.05) is 5.56 Å². The second-order valence-corrected chi connectivity index (χ2v) is 10.9. The van der Waals surface area contributed by atoms with Gasteiger partial charge < -0.3 is 4.74 Å². The summed E-state index contributed by atoms with van der Waals surface area (Å²) in [5.74, 6) is -0.341. The van der Waals surface area contributed by atoms with Gasteiger partial charge in [-0.05, 0) is 113 Å². The van der Waals surface area contributed by atoms with Crippen LogP contribution >= 0.6 is 0 Å². The van der Waals surface area contributed by atoms with Crippen LogP contribution in [0.25, 0.3) is 76.1 Å². The maximum atomic E-state index is 12.9. The maximum Gasteiger partial charge on any atom is 0.338 e. The van der Waals surface area contributed by atoms with E-state index in [-0.39, 0.29) is 5.97 Å². The van der Waals surface area contributed by atoms with Crippen molar-refractivity contribution in [3.8, 4) is 22.3 Å². The Hall–Kier alpha value is -5.47. The van der Waals surface area contributed by atoms with Crippen LogP contribution < -0.4 is 0 Å². The molecule has 0 atom stereocenters. The summed E-state index contributed by atoms with van der Waals surface area (Å²) in [6, 6.07) is 49.2. The Bertz CT molecular complexity index is 2350. The third kappa shape index (κ3) is 3.84. The third-order valence-corrected chi connectivity index (χ3v) is 8.48. The first-order valence-electron chi connectivity index (χ1n) is 14.2. The summed E-state index contributed by atoms with van der Waals surface area (Å²) in [5.41, 5.74) is 4.51. The molecule has 0 saturated heterocycles. The summed E-state index contributed by atoms with van der Waals surface area (Å²) in [6.07, 6.45) is 0. The average Bonchev–Trinajstić information content (AvgIpc) is 3.05. The molecule has 0 fully saturated rings. The minimum Gasteiger partial charge on any atom is -0.465 e. The van der Waals surface area contributed by atoms with Gasteiger partial charge >= 0.3 is 5.97 Å². The molecular weight excluding hydrogens is 512 g/mol. The van der Waals surface area contributed by atoms with Crippen LogP contribution in [-0.4, -0.2) is 13.1 Å². The first-order chi connectivity index (χ1) is 20.7. The highest BCUT2D eigenvalue weighted by Crippen LogP contribution is 2.41. The molecule has 8 aromatic rings. The van der Waals surface area contributed by atoms with Gasteiger partial charge in [-0.1, -0.05) is 97.1 Å². The monoisotopic (exact) mass is 538 g/mol. The number of fused-ring (bicyclic) bond motifs is 6. The van der Waals surface area contributed by atoms with E-state index in [1.54, 1.807) is 0 Å². The minimum absolute atomic E-state index is 0.341. The lowest BCUT2D eigenvalue weighted by Gasteiger charge is -2.17. The molecule has 0 spiro atoms. The standard InChI is InChI=1S/C40H26O2/c1-42-40(41)35-16-8-15-34(39(35)25-9-3-2-4-10-25)33-14-7-13-28-21-29-17-18-30-22-31-19-26-11-5-6-12-27(26)20-32(31)23-36(30)38(29)24-37(28)33/h2-24H,1H3. The molecule has 8 aromatic carbocycles. The minimum atomic E-state index is -0.341. The van der Waals surface area contributed by atoms with Gasteiger partial charge in [-0.15, -0.1) is 0 Å². The van der Waals surface area contributed by atoms with Crippen LogP contribution in [0.2, 0.25) is 0 Å². The zero-order valence-electron chi connectivity index (χ0n) is 23.1. The van der Waals surface area contributed by atoms with Crippen molar-refractivity contribution in [1.29, 1.82) is 0 Å². The largest absolute Gasteiger partial charge is 0.465 e. The summed E-state index contributed by atoms with van der Waals surface area (Å²) in [6.45, 7) is 0. The molecule has 8 rings (SSSR count). The Morgan fingerprint density at radius 1 is 0.452 bits per heavy atom. The number of carbonyl (C=O) groups excluding carboxylic acids is 1. The summed E-state index contributed by atoms with van der Waals surface area (Å²) in [5, 5.41) is 12.2. The fourth-order valence-electron chi connectivity index (χ4n) is 6.48. The molecule has 42 heavy (non-hydrogen) atoms. The summed E-state index contributed by atoms with van der Waals surface area (Å²) in [7, 11) is 1.44. The molecule has 0 unspecified atom stereocenters. The smallest absolute Gasteiger partial charge is 0.338 e. The van der Waals surface area contributed by atoms with E-state index in [1.165, 1.54) is 50.2 Å². The zero-order valence-corrected chi connectivity index (χ0v) is 23.1. The predicted molar refractivity (Wildman–Crippen MR) is 176 cm³/mol. The SMILES string of the molecule is COC(=O)c1cccc(-c2cccc3cc4ccc5cc6cc7ccccc7cc6cc5c4cc23)c1-c1ccccc1. The highest BCUT2D eigenvalue weighted by Gasteiger charge is 2.19. The normalized spacial score (nSPS) is 11.5. The van der Waals surface area contributed by atoms with Crippen molar-refractivity contribution in [2.24, 2.45) is 0 Å². The number of carbonyl (C=O) groups is 1. The number of ether oxygens (including phenoxy) is 1. The van der Waals surface area contributed by atoms with Crippen molar-refractivity contribution in [2.75, 3.05) is 7.11 Å². The quantitative estimate of drug-likeness (QED) is 0.127. The highest BCUT2D eigenvalue weighted by atomic mass is 16.5. The number of hydrogen-bond acceptors (Lipinski definition) is 2. The Labute approximate surface area is 243 Å². The van der Waals surface area contributed by atoms with Crippen molar-refractivity contribution < 1.29 is 9.53 Å². The van der Waals surface area contributed by atoms with Gasteiger partial charge in [0.1, 0.15) is 0 Å². The summed E-state index contributed by atoms with van der Waals surface area (Å²) < 4.78 is 5.21. The summed E-state index contributed by atoms with van der Waals surface area (Å²) in [4.78, 5) is 12.9. The second-order valence-electron chi connectivity index (χ2n) is 10.9. The van der Waals surface area contributed by atoms with Gasteiger partial charge in [0.05, 0.1) is 12.7 Å². The van der Waals surface area contributed by atoms with Gasteiger partial charge in [-0.25, -0.2) is 4.79 Å². The molecule has 0 aliphatic carbocycles. The van der Waals surface area contributed by atoms with E-state index in [9.17, 15) is 4.79 Å². The molecule has 0 radical (unpaired) electrons. The zero-order chi connectivity index (χ0) is 28.2. The van der Waals surface area contributed by atoms with Gasteiger partial charge in [0.2, 0.25) is 0 Å². The van der Waals surface area contributed by atoms with E-state index < -0.39 is 0 Å². The Balaban J connectivity index is 1.43. The predicted octanol–water partition coefficient (Wildman–Crippen LogP) is 10.6. The van der Waals surface area contributed by atoms with E-state index in [1.807, 2.05) is 42.5 Å². The molecule has 0 aliphatic heterocycles. The lowest BCUT2D eigenvalue weighted by molar-refractivity contribution is 0.0601. The molecular formula is C40H26O2. The van der Waals surface area contributed by atoms with Crippen molar-refractivity contribution in [3.63, 3.8) is 0 Å². The molecule has 0 N–H and O–H groups in total. The topological polar surface area (TPSA) is 26.3 Å². The lowest BCUT2D eigenvalue weighted by Crippen LogP contribution is -2.04. The van der Waals surface area contributed by atoms with Gasteiger partial charge in [-0.3, -0.25) is 0 Å². The van der Waals surface area contributed by atoms with Crippen molar-refractivity contribution in [1.82, 2.24) is 0 Å². The molecule has 2 heteroatoms. The van der Waals surface area contributed by atoms with E-state index in [2.05, 4.69) is 97.1 Å². The van der Waals surface area contributed by atoms with E-state index >= 15 is 0 Å². The Morgan fingerprint density at radius 2 is 1.00 bits per heavy atom. The van der Waals surface area contributed by atoms with Gasteiger partial charge in [0.25, 0.3) is 0 Å². The van der Waals surface area contributed by atoms with Gasteiger partial charge in [-0.2, -0.15) is 0 Å². The number of benzene rings is 8. The maximum absolute atomic E-state index is 12.9. The Morgan fingerprint density at radius 3 is 1.74 bits per heavy atom. The van der Waals surface area contributed by atoms with Crippen LogP contribution in [0.3, 0.4) is 0 Å². The number of hydrogen-bond donors (Lipinski definition) is 0. The average molecular weight is 539 g/mol. The molecule has 0 heterocycles. The molecule has 0 amide bonds. The fourth-order valence-corrected chi connectivity index (χ4v) is 6.48. The van der Waals surface area contributed by atoms with Crippen LogP contribution in [0.15, 0.2) is 140 Å². The van der Waals surface area contributed by atoms with Crippen LogP contribution in [0.4, 0.5) is 0 Å². The first-order valence-corrected chi connectivity index (χ1v) is 14.2. The van der Waals surface area contributed by atoms with E-state index in [4.69, 9.17) is 4.74 Å². The molecule has 0 aromatic heterocycles. The molecule has 2 nitrogen and oxygen atoms in total. The number of esters is 1. The van der Waals surface area contributed by atoms with Crippen LogP contribution in [0.1, 0.15) is 10.4 Å². The van der Waals surface area contributed by atoms with Crippen LogP contribution in [0, 0.1) is 0 Å². The van der Waals surface area contributed by atoms with Crippen molar-refractivity contribution >= 4 is 59.8 Å². The van der Waals surface area contributed by atoms with Crippen molar-refractivity contribution in [3.05, 3.63) is 145 Å². The number of methoxy groups -OCH3 is 1. The molecule has 0 bridgehead atoms. The van der Waals surface area contributed by atoms with Gasteiger partial charge in [0.15, 0.2) is 0 Å². The van der Waals surface area contributed by atoms with Crippen LogP contribution in [-0.2, 0) is 4.74 Å². The Kier molecular flexibility index (Phi) is 5.55. The van der Waals surface area contributed by atoms with Crippen molar-refractivity contribution in [2.45, 2.75) is 0 Å². The van der Waals surface area contributed by atoms with E-state index in [0.29, 0.717) is 5.56 Å². The lowest BCUT2D eigenvalue weighted by atomic mass is 9.87. The highest BCUT2D eigenvalue weighted by molar-refractivity contribution is 6.18. The second kappa shape index (κ2) is 9.57. The first kappa shape index (κ1) is 24.3. The van der Waals surface area contributed by atoms with E-state index in [0.717, 1.165) is 33.0 Å². The molecule has 0 aliphatic rings. The molecule has 198 valence electrons. The third-order valence-electron chi connectivity index (χ3n) is 8.48. The molecule has 0 saturated carbocycles.